The number of ether oxygens (including phenoxy) is 1. The average molecular weight is 234 g/mol. The van der Waals surface area contributed by atoms with E-state index >= 15 is 0 Å². The monoisotopic (exact) mass is 234 g/mol. The molecule has 0 bridgehead atoms. The predicted molar refractivity (Wildman–Crippen MR) is 48.1 cm³/mol. The summed E-state index contributed by atoms with van der Waals surface area (Å²) >= 11 is 1.08. The molecule has 0 aliphatic rings. The highest BCUT2D eigenvalue weighted by Gasteiger charge is 2.20. The largest absolute Gasteiger partial charge is 0.673 e. The zero-order valence-corrected chi connectivity index (χ0v) is 8.34. The third kappa shape index (κ3) is 17.4. The van der Waals surface area contributed by atoms with Crippen LogP contribution >= 0.6 is 11.8 Å². The van der Waals surface area contributed by atoms with Crippen molar-refractivity contribution in [1.82, 2.24) is 0 Å². The second-order valence-corrected chi connectivity index (χ2v) is 2.57. The van der Waals surface area contributed by atoms with Crippen molar-refractivity contribution in [1.29, 1.82) is 5.41 Å². The molecule has 0 saturated carbocycles. The van der Waals surface area contributed by atoms with Crippen LogP contribution in [0.1, 0.15) is 6.92 Å². The first-order valence-corrected chi connectivity index (χ1v) is 4.61. The minimum Gasteiger partial charge on any atom is -0.461 e. The first-order valence-electron chi connectivity index (χ1n) is 3.39. The fourth-order valence-corrected chi connectivity index (χ4v) is 0.506. The van der Waals surface area contributed by atoms with Crippen LogP contribution in [-0.4, -0.2) is 31.1 Å². The maximum Gasteiger partial charge on any atom is 0.673 e. The van der Waals surface area contributed by atoms with Crippen molar-refractivity contribution >= 4 is 30.0 Å². The fourth-order valence-electron chi connectivity index (χ4n) is 0.280. The highest BCUT2D eigenvalue weighted by Crippen LogP contribution is 2.06. The van der Waals surface area contributed by atoms with Crippen LogP contribution in [0.25, 0.3) is 0 Å². The minimum atomic E-state index is -6.00. The van der Waals surface area contributed by atoms with Crippen molar-refractivity contribution in [2.75, 3.05) is 12.9 Å². The summed E-state index contributed by atoms with van der Waals surface area (Å²) in [7, 11) is -6.00. The highest BCUT2D eigenvalue weighted by atomic mass is 32.2. The second kappa shape index (κ2) is 7.66. The van der Waals surface area contributed by atoms with E-state index in [9.17, 15) is 22.1 Å². The number of halogens is 4. The van der Waals surface area contributed by atoms with Gasteiger partial charge in [0.15, 0.2) is 5.04 Å². The quantitative estimate of drug-likeness (QED) is 0.249. The molecule has 0 aromatic heterocycles. The summed E-state index contributed by atoms with van der Waals surface area (Å²) in [6.45, 7) is 2.05. The molecule has 0 unspecified atom stereocenters. The Bertz CT molecular complexity index is 193. The first kappa shape index (κ1) is 15.7. The van der Waals surface area contributed by atoms with E-state index in [4.69, 9.17) is 5.41 Å². The molecule has 0 saturated heterocycles. The molecule has 0 fully saturated rings. The number of hydrogen-bond acceptors (Lipinski definition) is 4. The van der Waals surface area contributed by atoms with E-state index in [0.717, 1.165) is 11.8 Å². The predicted octanol–water partition coefficient (Wildman–Crippen LogP) is 2.19. The molecule has 0 aromatic rings. The molecule has 0 aliphatic carbocycles. The van der Waals surface area contributed by atoms with Gasteiger partial charge in [0.05, 0.1) is 6.61 Å². The van der Waals surface area contributed by atoms with E-state index in [1.54, 1.807) is 13.2 Å². The Hall–Kier alpha value is -0.725. The molecule has 3 nitrogen and oxygen atoms in total. The number of rotatable bonds is 1. The molecule has 0 spiro atoms. The van der Waals surface area contributed by atoms with Crippen molar-refractivity contribution in [2.45, 2.75) is 6.92 Å². The highest BCUT2D eigenvalue weighted by molar-refractivity contribution is 8.14. The van der Waals surface area contributed by atoms with Crippen LogP contribution in [0, 0.1) is 5.41 Å². The van der Waals surface area contributed by atoms with E-state index in [0.29, 0.717) is 6.61 Å². The van der Waals surface area contributed by atoms with Crippen molar-refractivity contribution in [2.24, 2.45) is 0 Å². The Labute approximate surface area is 82.8 Å². The lowest BCUT2D eigenvalue weighted by molar-refractivity contribution is -0.134. The third-order valence-electron chi connectivity index (χ3n) is 0.665. The van der Waals surface area contributed by atoms with Crippen LogP contribution in [-0.2, 0) is 9.53 Å². The van der Waals surface area contributed by atoms with Crippen LogP contribution in [0.5, 0.6) is 0 Å². The number of carbonyl (C=O) groups is 1. The number of carbonyl (C=O) groups excluding carboxylic acids is 1. The lowest BCUT2D eigenvalue weighted by atomic mass is 10.3. The van der Waals surface area contributed by atoms with Gasteiger partial charge < -0.3 is 22.0 Å². The number of esters is 1. The van der Waals surface area contributed by atoms with Gasteiger partial charge in [-0.1, -0.05) is 0 Å². The average Bonchev–Trinajstić information content (AvgIpc) is 2.00. The summed E-state index contributed by atoms with van der Waals surface area (Å²) in [5, 5.41) is 6.89. The van der Waals surface area contributed by atoms with Gasteiger partial charge >= 0.3 is 13.2 Å². The Morgan fingerprint density at radius 2 is 1.79 bits per heavy atom. The summed E-state index contributed by atoms with van der Waals surface area (Å²) in [5.74, 6) is -0.537. The summed E-state index contributed by atoms with van der Waals surface area (Å²) in [4.78, 5) is 10.5. The van der Waals surface area contributed by atoms with Crippen molar-refractivity contribution < 1.29 is 26.8 Å². The summed E-state index contributed by atoms with van der Waals surface area (Å²) in [6.07, 6.45) is 1.67. The topological polar surface area (TPSA) is 50.2 Å². The van der Waals surface area contributed by atoms with E-state index in [1.807, 2.05) is 0 Å². The SMILES string of the molecule is CCOC(=O)C(=N)SC.F[B-](F)(F)F. The zero-order chi connectivity index (χ0) is 11.8. The molecule has 0 amide bonds. The second-order valence-electron chi connectivity index (χ2n) is 1.75. The molecule has 0 atom stereocenters. The summed E-state index contributed by atoms with van der Waals surface area (Å²) < 4.78 is 43.5. The minimum absolute atomic E-state index is 0.0446. The van der Waals surface area contributed by atoms with Crippen LogP contribution in [0.2, 0.25) is 0 Å². The van der Waals surface area contributed by atoms with Gasteiger partial charge in [-0.15, -0.1) is 11.8 Å². The van der Waals surface area contributed by atoms with Crippen LogP contribution in [0.4, 0.5) is 17.3 Å². The molecule has 0 aromatic carbocycles. The Balaban J connectivity index is 0. The van der Waals surface area contributed by atoms with Gasteiger partial charge in [0.1, 0.15) is 0 Å². The summed E-state index contributed by atoms with van der Waals surface area (Å²) in [6, 6.07) is 0. The van der Waals surface area contributed by atoms with E-state index in [-0.39, 0.29) is 5.04 Å². The van der Waals surface area contributed by atoms with E-state index < -0.39 is 13.2 Å². The zero-order valence-electron chi connectivity index (χ0n) is 7.52. The molecule has 0 radical (unpaired) electrons. The van der Waals surface area contributed by atoms with Crippen molar-refractivity contribution in [3.8, 4) is 0 Å². The molecule has 14 heavy (non-hydrogen) atoms. The van der Waals surface area contributed by atoms with Gasteiger partial charge in [-0.2, -0.15) is 0 Å². The van der Waals surface area contributed by atoms with Gasteiger partial charge in [-0.25, -0.2) is 4.79 Å². The van der Waals surface area contributed by atoms with Crippen LogP contribution in [0.15, 0.2) is 0 Å². The molecule has 0 heterocycles. The van der Waals surface area contributed by atoms with Crippen LogP contribution < -0.4 is 0 Å². The maximum absolute atomic E-state index is 10.5. The lowest BCUT2D eigenvalue weighted by Crippen LogP contribution is -2.12. The molecule has 84 valence electrons. The van der Waals surface area contributed by atoms with Crippen LogP contribution in [0.3, 0.4) is 0 Å². The number of hydrogen-bond donors (Lipinski definition) is 1. The summed E-state index contributed by atoms with van der Waals surface area (Å²) in [5.41, 5.74) is 0. The maximum atomic E-state index is 10.5. The van der Waals surface area contributed by atoms with E-state index in [2.05, 4.69) is 4.74 Å². The Kier molecular flexibility index (Phi) is 8.61. The van der Waals surface area contributed by atoms with Crippen molar-refractivity contribution in [3.63, 3.8) is 0 Å². The number of nitrogens with one attached hydrogen (secondary N) is 1. The van der Waals surface area contributed by atoms with E-state index in [1.165, 1.54) is 0 Å². The van der Waals surface area contributed by atoms with Gasteiger partial charge in [-0.05, 0) is 13.2 Å². The lowest BCUT2D eigenvalue weighted by Gasteiger charge is -1.97. The molecule has 0 rings (SSSR count). The smallest absolute Gasteiger partial charge is 0.461 e. The Morgan fingerprint density at radius 3 is 2.00 bits per heavy atom. The van der Waals surface area contributed by atoms with Gasteiger partial charge in [0, 0.05) is 0 Å². The Morgan fingerprint density at radius 1 is 1.43 bits per heavy atom. The normalized spacial score (nSPS) is 9.86. The number of thioether (sulfide) groups is 1. The standard InChI is InChI=1S/C5H9NO2S.BF4/c1-3-8-5(7)4(6)9-2;2-1(3,4)5/h6H,3H2,1-2H3;/q;-1. The van der Waals surface area contributed by atoms with Gasteiger partial charge in [-0.3, -0.25) is 5.41 Å². The van der Waals surface area contributed by atoms with Gasteiger partial charge in [0.2, 0.25) is 0 Å². The fraction of sp³-hybridized carbons (Fsp3) is 0.600. The molecular weight excluding hydrogens is 225 g/mol. The molecular formula is C5H9BF4NO2S-. The molecule has 1 N–H and O–H groups in total. The van der Waals surface area contributed by atoms with Gasteiger partial charge in [0.25, 0.3) is 0 Å². The molecule has 0 aliphatic heterocycles. The first-order chi connectivity index (χ1) is 6.22. The molecule has 9 heteroatoms. The van der Waals surface area contributed by atoms with Crippen molar-refractivity contribution in [3.05, 3.63) is 0 Å². The third-order valence-corrected chi connectivity index (χ3v) is 1.24.